The maximum Gasteiger partial charge on any atom is 0.280 e. The topological polar surface area (TPSA) is 111 Å². The molecule has 1 N–H and O–H groups in total. The molecule has 0 saturated carbocycles. The van der Waals surface area contributed by atoms with E-state index in [9.17, 15) is 18.0 Å². The number of aryl methyl sites for hydroxylation is 1. The molecule has 2 atom stereocenters. The van der Waals surface area contributed by atoms with Crippen LogP contribution in [-0.2, 0) is 21.2 Å². The number of anilines is 1. The SMILES string of the molecule is CCc1ccc(-n2ccc(=O)c(C(=O)Nc3ccc(S(=O)(=O)N4C[C@@H](C)O[C@H](C)C4)cc3)n2)cc1. The first-order chi connectivity index (χ1) is 16.7. The van der Waals surface area contributed by atoms with E-state index >= 15 is 0 Å². The summed E-state index contributed by atoms with van der Waals surface area (Å²) in [5.74, 6) is -0.680. The summed E-state index contributed by atoms with van der Waals surface area (Å²) < 4.78 is 34.5. The summed E-state index contributed by atoms with van der Waals surface area (Å²) in [6.45, 7) is 6.28. The highest BCUT2D eigenvalue weighted by atomic mass is 32.2. The van der Waals surface area contributed by atoms with Crippen LogP contribution in [0, 0.1) is 0 Å². The van der Waals surface area contributed by atoms with Crippen LogP contribution in [0.15, 0.2) is 70.5 Å². The fourth-order valence-electron chi connectivity index (χ4n) is 3.97. The first-order valence-electron chi connectivity index (χ1n) is 11.4. The molecule has 10 heteroatoms. The van der Waals surface area contributed by atoms with Crippen LogP contribution in [0.2, 0.25) is 0 Å². The first-order valence-corrected chi connectivity index (χ1v) is 12.9. The number of hydrogen-bond donors (Lipinski definition) is 1. The molecule has 2 heterocycles. The molecule has 1 saturated heterocycles. The third-order valence-electron chi connectivity index (χ3n) is 5.77. The maximum absolute atomic E-state index is 13.0. The van der Waals surface area contributed by atoms with E-state index < -0.39 is 21.4 Å². The van der Waals surface area contributed by atoms with Crippen LogP contribution in [0.5, 0.6) is 0 Å². The molecule has 184 valence electrons. The Balaban J connectivity index is 1.51. The normalized spacial score (nSPS) is 18.8. The summed E-state index contributed by atoms with van der Waals surface area (Å²) in [5, 5.41) is 6.83. The van der Waals surface area contributed by atoms with Crippen LogP contribution in [0.25, 0.3) is 5.69 Å². The highest BCUT2D eigenvalue weighted by Gasteiger charge is 2.32. The lowest BCUT2D eigenvalue weighted by Crippen LogP contribution is -2.48. The van der Waals surface area contributed by atoms with Crippen LogP contribution in [-0.4, -0.2) is 53.7 Å². The van der Waals surface area contributed by atoms with Gasteiger partial charge < -0.3 is 10.1 Å². The number of benzene rings is 2. The largest absolute Gasteiger partial charge is 0.373 e. The fraction of sp³-hybridized carbons (Fsp3) is 0.320. The molecule has 9 nitrogen and oxygen atoms in total. The standard InChI is InChI=1S/C25H28N4O5S/c1-4-19-5-9-21(10-6-19)29-14-13-23(30)24(27-29)25(31)26-20-7-11-22(12-8-20)35(32,33)28-15-17(2)34-18(3)16-28/h5-14,17-18H,4,15-16H2,1-3H3,(H,26,31)/t17-,18-/m1/s1. The molecular weight excluding hydrogens is 468 g/mol. The molecule has 4 rings (SSSR count). The van der Waals surface area contributed by atoms with Crippen molar-refractivity contribution < 1.29 is 17.9 Å². The quantitative estimate of drug-likeness (QED) is 0.562. The van der Waals surface area contributed by atoms with Gasteiger partial charge in [-0.15, -0.1) is 0 Å². The number of ether oxygens (including phenoxy) is 1. The number of nitrogens with one attached hydrogen (secondary N) is 1. The molecule has 3 aromatic rings. The van der Waals surface area contributed by atoms with Gasteiger partial charge in [-0.3, -0.25) is 9.59 Å². The van der Waals surface area contributed by atoms with Crippen molar-refractivity contribution in [2.45, 2.75) is 44.3 Å². The van der Waals surface area contributed by atoms with Crippen molar-refractivity contribution in [1.82, 2.24) is 14.1 Å². The molecule has 0 bridgehead atoms. The monoisotopic (exact) mass is 496 g/mol. The Morgan fingerprint density at radius 1 is 1.03 bits per heavy atom. The smallest absolute Gasteiger partial charge is 0.280 e. The van der Waals surface area contributed by atoms with E-state index in [-0.39, 0.29) is 35.9 Å². The lowest BCUT2D eigenvalue weighted by Gasteiger charge is -2.34. The lowest BCUT2D eigenvalue weighted by atomic mass is 10.1. The van der Waals surface area contributed by atoms with E-state index in [0.29, 0.717) is 5.69 Å². The minimum absolute atomic E-state index is 0.118. The van der Waals surface area contributed by atoms with Gasteiger partial charge in [0.15, 0.2) is 5.69 Å². The number of rotatable bonds is 6. The van der Waals surface area contributed by atoms with Crippen molar-refractivity contribution in [2.24, 2.45) is 0 Å². The number of carbonyl (C=O) groups excluding carboxylic acids is 1. The van der Waals surface area contributed by atoms with Gasteiger partial charge in [0, 0.05) is 31.0 Å². The third-order valence-corrected chi connectivity index (χ3v) is 7.61. The average Bonchev–Trinajstić information content (AvgIpc) is 2.84. The summed E-state index contributed by atoms with van der Waals surface area (Å²) in [7, 11) is -3.70. The van der Waals surface area contributed by atoms with E-state index in [2.05, 4.69) is 17.3 Å². The van der Waals surface area contributed by atoms with Gasteiger partial charge in [-0.1, -0.05) is 19.1 Å². The van der Waals surface area contributed by atoms with Gasteiger partial charge in [-0.25, -0.2) is 13.1 Å². The zero-order valence-corrected chi connectivity index (χ0v) is 20.7. The number of sulfonamides is 1. The molecule has 35 heavy (non-hydrogen) atoms. The first kappa shape index (κ1) is 24.8. The Kier molecular flexibility index (Phi) is 7.15. The number of morpholine rings is 1. The number of hydrogen-bond acceptors (Lipinski definition) is 6. The Labute approximate surface area is 204 Å². The Morgan fingerprint density at radius 3 is 2.26 bits per heavy atom. The summed E-state index contributed by atoms with van der Waals surface area (Å²) in [4.78, 5) is 25.2. The molecule has 1 aliphatic heterocycles. The van der Waals surface area contributed by atoms with Crippen LogP contribution < -0.4 is 10.7 Å². The summed E-state index contributed by atoms with van der Waals surface area (Å²) >= 11 is 0. The summed E-state index contributed by atoms with van der Waals surface area (Å²) in [6, 6.07) is 14.8. The van der Waals surface area contributed by atoms with Crippen molar-refractivity contribution in [1.29, 1.82) is 0 Å². The molecule has 0 aliphatic carbocycles. The predicted molar refractivity (Wildman–Crippen MR) is 132 cm³/mol. The highest BCUT2D eigenvalue weighted by Crippen LogP contribution is 2.22. The van der Waals surface area contributed by atoms with Crippen molar-refractivity contribution in [2.75, 3.05) is 18.4 Å². The van der Waals surface area contributed by atoms with Crippen LogP contribution in [0.1, 0.15) is 36.8 Å². The molecule has 1 fully saturated rings. The second-order valence-corrected chi connectivity index (χ2v) is 10.5. The van der Waals surface area contributed by atoms with Crippen LogP contribution in [0.4, 0.5) is 5.69 Å². The zero-order valence-electron chi connectivity index (χ0n) is 19.8. The van der Waals surface area contributed by atoms with E-state index in [1.165, 1.54) is 45.5 Å². The molecular formula is C25H28N4O5S. The predicted octanol–water partition coefficient (Wildman–Crippen LogP) is 2.85. The fourth-order valence-corrected chi connectivity index (χ4v) is 5.56. The highest BCUT2D eigenvalue weighted by molar-refractivity contribution is 7.89. The maximum atomic E-state index is 13.0. The second kappa shape index (κ2) is 10.1. The molecule has 2 aromatic carbocycles. The van der Waals surface area contributed by atoms with Gasteiger partial charge in [0.05, 0.1) is 22.8 Å². The summed E-state index contributed by atoms with van der Waals surface area (Å²) in [6.07, 6.45) is 2.02. The molecule has 0 radical (unpaired) electrons. The number of nitrogens with zero attached hydrogens (tertiary/aromatic N) is 3. The lowest BCUT2D eigenvalue weighted by molar-refractivity contribution is -0.0440. The van der Waals surface area contributed by atoms with E-state index in [0.717, 1.165) is 17.7 Å². The Morgan fingerprint density at radius 2 is 1.66 bits per heavy atom. The zero-order chi connectivity index (χ0) is 25.2. The number of amides is 1. The minimum Gasteiger partial charge on any atom is -0.373 e. The van der Waals surface area contributed by atoms with Gasteiger partial charge in [-0.2, -0.15) is 9.40 Å². The van der Waals surface area contributed by atoms with Crippen molar-refractivity contribution >= 4 is 21.6 Å². The van der Waals surface area contributed by atoms with Crippen molar-refractivity contribution in [3.63, 3.8) is 0 Å². The molecule has 1 aliphatic rings. The van der Waals surface area contributed by atoms with Crippen LogP contribution >= 0.6 is 0 Å². The third kappa shape index (κ3) is 5.50. The van der Waals surface area contributed by atoms with Gasteiger partial charge in [0.2, 0.25) is 15.5 Å². The van der Waals surface area contributed by atoms with Crippen molar-refractivity contribution in [3.8, 4) is 5.69 Å². The van der Waals surface area contributed by atoms with Gasteiger partial charge >= 0.3 is 0 Å². The average molecular weight is 497 g/mol. The molecule has 1 amide bonds. The van der Waals surface area contributed by atoms with Gasteiger partial charge in [0.1, 0.15) is 0 Å². The minimum atomic E-state index is -3.70. The Bertz CT molecular complexity index is 1360. The molecule has 0 unspecified atom stereocenters. The summed E-state index contributed by atoms with van der Waals surface area (Å²) in [5.41, 5.74) is 1.45. The van der Waals surface area contributed by atoms with E-state index in [1.54, 1.807) is 0 Å². The number of aromatic nitrogens is 2. The number of carbonyl (C=O) groups is 1. The van der Waals surface area contributed by atoms with E-state index in [4.69, 9.17) is 4.74 Å². The van der Waals surface area contributed by atoms with Gasteiger partial charge in [-0.05, 0) is 62.2 Å². The molecule has 0 spiro atoms. The molecule has 1 aromatic heterocycles. The van der Waals surface area contributed by atoms with Crippen molar-refractivity contribution in [3.05, 3.63) is 82.3 Å². The second-order valence-electron chi connectivity index (χ2n) is 8.55. The van der Waals surface area contributed by atoms with Gasteiger partial charge in [0.25, 0.3) is 5.91 Å². The Hall–Kier alpha value is -3.34. The van der Waals surface area contributed by atoms with Crippen LogP contribution in [0.3, 0.4) is 0 Å². The van der Waals surface area contributed by atoms with E-state index in [1.807, 2.05) is 38.1 Å².